The topological polar surface area (TPSA) is 50.4 Å². The average molecular weight is 166 g/mol. The van der Waals surface area contributed by atoms with Crippen LogP contribution in [0.25, 0.3) is 0 Å². The summed E-state index contributed by atoms with van der Waals surface area (Å²) >= 11 is 0. The van der Waals surface area contributed by atoms with E-state index >= 15 is 0 Å². The second-order valence-corrected chi connectivity index (χ2v) is 3.86. The van der Waals surface area contributed by atoms with Crippen molar-refractivity contribution in [1.29, 1.82) is 0 Å². The van der Waals surface area contributed by atoms with Gasteiger partial charge in [0.2, 0.25) is 0 Å². The quantitative estimate of drug-likeness (QED) is 0.597. The lowest BCUT2D eigenvalue weighted by molar-refractivity contribution is 0.372. The molecule has 0 aliphatic heterocycles. The van der Waals surface area contributed by atoms with Crippen molar-refractivity contribution in [2.75, 3.05) is 20.2 Å². The molecule has 0 aromatic heterocycles. The second-order valence-electron chi connectivity index (χ2n) is 1.76. The van der Waals surface area contributed by atoms with Crippen LogP contribution in [0.2, 0.25) is 0 Å². The predicted molar refractivity (Wildman–Crippen MR) is 42.0 cm³/mol. The highest BCUT2D eigenvalue weighted by Gasteiger charge is 2.16. The van der Waals surface area contributed by atoms with Crippen LogP contribution >= 0.6 is 7.67 Å². The first-order valence-corrected chi connectivity index (χ1v) is 4.97. The van der Waals surface area contributed by atoms with Crippen molar-refractivity contribution in [3.8, 4) is 0 Å². The van der Waals surface area contributed by atoms with Crippen LogP contribution in [0, 0.1) is 0 Å². The third-order valence-electron chi connectivity index (χ3n) is 0.990. The SMILES string of the molecule is CCNP(=O)(NCC)OC. The summed E-state index contributed by atoms with van der Waals surface area (Å²) in [7, 11) is -1.28. The molecule has 0 aliphatic rings. The first kappa shape index (κ1) is 10.1. The first-order chi connectivity index (χ1) is 4.68. The van der Waals surface area contributed by atoms with Crippen LogP contribution in [0.15, 0.2) is 0 Å². The Morgan fingerprint density at radius 2 is 1.70 bits per heavy atom. The van der Waals surface area contributed by atoms with Crippen LogP contribution in [0.3, 0.4) is 0 Å². The van der Waals surface area contributed by atoms with Crippen molar-refractivity contribution in [3.63, 3.8) is 0 Å². The Balaban J connectivity index is 3.83. The Hall–Kier alpha value is 0.110. The highest BCUT2D eigenvalue weighted by Crippen LogP contribution is 2.34. The van der Waals surface area contributed by atoms with Crippen molar-refractivity contribution in [2.45, 2.75) is 13.8 Å². The summed E-state index contributed by atoms with van der Waals surface area (Å²) in [5, 5.41) is 5.46. The molecule has 4 nitrogen and oxygen atoms in total. The maximum Gasteiger partial charge on any atom is 0.340 e. The monoisotopic (exact) mass is 166 g/mol. The van der Waals surface area contributed by atoms with Crippen LogP contribution in [0.5, 0.6) is 0 Å². The van der Waals surface area contributed by atoms with E-state index in [1.807, 2.05) is 13.8 Å². The van der Waals surface area contributed by atoms with E-state index in [2.05, 4.69) is 10.2 Å². The molecule has 10 heavy (non-hydrogen) atoms. The van der Waals surface area contributed by atoms with Gasteiger partial charge in [-0.25, -0.2) is 10.2 Å². The molecular weight excluding hydrogens is 151 g/mol. The fourth-order valence-corrected chi connectivity index (χ4v) is 1.80. The Kier molecular flexibility index (Phi) is 4.91. The number of nitrogens with one attached hydrogen (secondary N) is 2. The van der Waals surface area contributed by atoms with Crippen molar-refractivity contribution < 1.29 is 9.09 Å². The van der Waals surface area contributed by atoms with Crippen molar-refractivity contribution in [3.05, 3.63) is 0 Å². The molecule has 0 aliphatic carbocycles. The minimum atomic E-state index is -2.70. The van der Waals surface area contributed by atoms with Gasteiger partial charge >= 0.3 is 7.67 Å². The minimum absolute atomic E-state index is 0.637. The Labute approximate surface area is 61.9 Å². The van der Waals surface area contributed by atoms with Gasteiger partial charge in [-0.3, -0.25) is 4.57 Å². The molecule has 0 unspecified atom stereocenters. The van der Waals surface area contributed by atoms with Crippen LogP contribution in [-0.2, 0) is 9.09 Å². The van der Waals surface area contributed by atoms with Gasteiger partial charge in [0.05, 0.1) is 0 Å². The summed E-state index contributed by atoms with van der Waals surface area (Å²) < 4.78 is 16.1. The fourth-order valence-electron chi connectivity index (χ4n) is 0.601. The van der Waals surface area contributed by atoms with E-state index < -0.39 is 7.67 Å². The van der Waals surface area contributed by atoms with Crippen molar-refractivity contribution in [2.24, 2.45) is 0 Å². The molecule has 0 aromatic rings. The molecule has 0 rings (SSSR count). The second kappa shape index (κ2) is 4.85. The number of rotatable bonds is 5. The van der Waals surface area contributed by atoms with Gasteiger partial charge in [-0.2, -0.15) is 0 Å². The van der Waals surface area contributed by atoms with Crippen LogP contribution in [0.1, 0.15) is 13.8 Å². The van der Waals surface area contributed by atoms with E-state index in [4.69, 9.17) is 4.52 Å². The molecular formula is C5H15N2O2P. The molecule has 5 heteroatoms. The summed E-state index contributed by atoms with van der Waals surface area (Å²) in [4.78, 5) is 0. The van der Waals surface area contributed by atoms with Gasteiger partial charge in [0.25, 0.3) is 0 Å². The van der Waals surface area contributed by atoms with E-state index in [-0.39, 0.29) is 0 Å². The van der Waals surface area contributed by atoms with Crippen LogP contribution in [-0.4, -0.2) is 20.2 Å². The van der Waals surface area contributed by atoms with Gasteiger partial charge in [0, 0.05) is 20.2 Å². The molecule has 0 amide bonds. The van der Waals surface area contributed by atoms with Crippen molar-refractivity contribution in [1.82, 2.24) is 10.2 Å². The van der Waals surface area contributed by atoms with Gasteiger partial charge in [-0.05, 0) is 0 Å². The molecule has 0 spiro atoms. The standard InChI is InChI=1S/C5H15N2O2P/c1-4-6-10(8,9-3)7-5-2/h4-5H2,1-3H3,(H2,6,7,8). The third kappa shape index (κ3) is 3.32. The molecule has 62 valence electrons. The highest BCUT2D eigenvalue weighted by molar-refractivity contribution is 7.54. The van der Waals surface area contributed by atoms with Crippen LogP contribution < -0.4 is 10.2 Å². The van der Waals surface area contributed by atoms with Gasteiger partial charge < -0.3 is 4.52 Å². The fraction of sp³-hybridized carbons (Fsp3) is 1.00. The zero-order chi connectivity index (χ0) is 8.04. The summed E-state index contributed by atoms with van der Waals surface area (Å²) in [6.45, 7) is 5.03. The maximum atomic E-state index is 11.3. The Bertz CT molecular complexity index is 119. The predicted octanol–water partition coefficient (Wildman–Crippen LogP) is 0.960. The summed E-state index contributed by atoms with van der Waals surface area (Å²) in [5.41, 5.74) is 0. The van der Waals surface area contributed by atoms with Gasteiger partial charge in [0.1, 0.15) is 0 Å². The first-order valence-electron chi connectivity index (χ1n) is 3.34. The molecule has 0 atom stereocenters. The van der Waals surface area contributed by atoms with E-state index in [0.29, 0.717) is 13.1 Å². The minimum Gasteiger partial charge on any atom is -0.310 e. The Morgan fingerprint density at radius 3 is 1.90 bits per heavy atom. The zero-order valence-electron chi connectivity index (χ0n) is 6.68. The van der Waals surface area contributed by atoms with Crippen molar-refractivity contribution >= 4 is 7.67 Å². The van der Waals surface area contributed by atoms with E-state index in [1.165, 1.54) is 7.11 Å². The smallest absolute Gasteiger partial charge is 0.310 e. The summed E-state index contributed by atoms with van der Waals surface area (Å²) in [6.07, 6.45) is 0. The molecule has 0 saturated carbocycles. The highest BCUT2D eigenvalue weighted by atomic mass is 31.2. The van der Waals surface area contributed by atoms with Gasteiger partial charge in [-0.1, -0.05) is 13.8 Å². The molecule has 0 fully saturated rings. The van der Waals surface area contributed by atoms with Gasteiger partial charge in [0.15, 0.2) is 0 Å². The third-order valence-corrected chi connectivity index (χ3v) is 2.97. The lowest BCUT2D eigenvalue weighted by atomic mass is 10.8. The molecule has 0 saturated heterocycles. The number of hydrogen-bond donors (Lipinski definition) is 2. The van der Waals surface area contributed by atoms with E-state index in [9.17, 15) is 4.57 Å². The number of hydrogen-bond acceptors (Lipinski definition) is 2. The molecule has 0 heterocycles. The molecule has 2 N–H and O–H groups in total. The molecule has 0 radical (unpaired) electrons. The summed E-state index contributed by atoms with van der Waals surface area (Å²) in [5.74, 6) is 0. The Morgan fingerprint density at radius 1 is 1.30 bits per heavy atom. The lowest BCUT2D eigenvalue weighted by Crippen LogP contribution is -2.22. The maximum absolute atomic E-state index is 11.3. The van der Waals surface area contributed by atoms with E-state index in [0.717, 1.165) is 0 Å². The normalized spacial score (nSPS) is 11.9. The van der Waals surface area contributed by atoms with Gasteiger partial charge in [-0.15, -0.1) is 0 Å². The molecule has 0 bridgehead atoms. The lowest BCUT2D eigenvalue weighted by Gasteiger charge is -2.15. The summed E-state index contributed by atoms with van der Waals surface area (Å²) in [6, 6.07) is 0. The average Bonchev–Trinajstić information content (AvgIpc) is 1.89. The van der Waals surface area contributed by atoms with Crippen LogP contribution in [0.4, 0.5) is 0 Å². The zero-order valence-corrected chi connectivity index (χ0v) is 7.57. The van der Waals surface area contributed by atoms with E-state index in [1.54, 1.807) is 0 Å². The molecule has 0 aromatic carbocycles. The largest absolute Gasteiger partial charge is 0.340 e.